The molecule has 1 aromatic rings. The van der Waals surface area contributed by atoms with E-state index in [-0.39, 0.29) is 0 Å². The number of rotatable bonds is 27. The largest absolute Gasteiger partial charge is 0.493 e. The molecule has 0 aliphatic carbocycles. The molecule has 0 N–H and O–H groups in total. The van der Waals surface area contributed by atoms with Crippen molar-refractivity contribution in [1.29, 1.82) is 0 Å². The van der Waals surface area contributed by atoms with E-state index in [2.05, 4.69) is 52.7 Å². The van der Waals surface area contributed by atoms with Gasteiger partial charge in [-0.2, -0.15) is 0 Å². The van der Waals surface area contributed by atoms with Crippen molar-refractivity contribution in [3.63, 3.8) is 0 Å². The van der Waals surface area contributed by atoms with E-state index in [1.54, 1.807) is 0 Å². The molecule has 0 aliphatic rings. The average Bonchev–Trinajstić information content (AvgIpc) is 2.97. The van der Waals surface area contributed by atoms with Crippen LogP contribution in [0.5, 0.6) is 11.5 Å². The molecule has 230 valence electrons. The van der Waals surface area contributed by atoms with Gasteiger partial charge in [0.1, 0.15) is 11.5 Å². The molecular weight excluding hydrogens is 488 g/mol. The van der Waals surface area contributed by atoms with E-state index in [0.717, 1.165) is 44.0 Å². The molecule has 0 radical (unpaired) electrons. The van der Waals surface area contributed by atoms with E-state index in [4.69, 9.17) is 15.9 Å². The number of terminal acetylenes is 1. The van der Waals surface area contributed by atoms with Crippen LogP contribution in [-0.2, 0) is 12.8 Å². The Bertz CT molecular complexity index is 761. The van der Waals surface area contributed by atoms with Gasteiger partial charge in [0, 0.05) is 6.42 Å². The fourth-order valence-corrected chi connectivity index (χ4v) is 5.51. The summed E-state index contributed by atoms with van der Waals surface area (Å²) in [6.07, 6.45) is 31.1. The Kier molecular flexibility index (Phi) is 22.9. The highest BCUT2D eigenvalue weighted by molar-refractivity contribution is 5.47. The van der Waals surface area contributed by atoms with Crippen LogP contribution in [0.4, 0.5) is 0 Å². The number of hydrogen-bond donors (Lipinski definition) is 0. The third-order valence-corrected chi connectivity index (χ3v) is 8.60. The van der Waals surface area contributed by atoms with Crippen LogP contribution in [0.1, 0.15) is 168 Å². The molecule has 1 rings (SSSR count). The van der Waals surface area contributed by atoms with E-state index in [1.807, 2.05) is 0 Å². The molecule has 0 amide bonds. The third-order valence-electron chi connectivity index (χ3n) is 8.60. The quantitative estimate of drug-likeness (QED) is 0.0795. The minimum atomic E-state index is 0.644. The first-order valence-electron chi connectivity index (χ1n) is 17.5. The van der Waals surface area contributed by atoms with E-state index >= 15 is 0 Å². The first-order valence-corrected chi connectivity index (χ1v) is 17.5. The lowest BCUT2D eigenvalue weighted by atomic mass is 9.98. The van der Waals surface area contributed by atoms with Crippen LogP contribution in [-0.4, -0.2) is 13.2 Å². The monoisotopic (exact) mass is 555 g/mol. The van der Waals surface area contributed by atoms with Gasteiger partial charge in [-0.05, 0) is 80.0 Å². The van der Waals surface area contributed by atoms with Gasteiger partial charge in [0.2, 0.25) is 0 Å². The van der Waals surface area contributed by atoms with Crippen LogP contribution >= 0.6 is 0 Å². The normalized spacial score (nSPS) is 12.7. The van der Waals surface area contributed by atoms with Gasteiger partial charge in [0.25, 0.3) is 0 Å². The predicted molar refractivity (Wildman–Crippen MR) is 177 cm³/mol. The average molecular weight is 555 g/mol. The highest BCUT2D eigenvalue weighted by atomic mass is 16.5. The maximum atomic E-state index is 6.65. The van der Waals surface area contributed by atoms with Crippen molar-refractivity contribution < 1.29 is 9.47 Å². The summed E-state index contributed by atoms with van der Waals surface area (Å²) in [7, 11) is 0. The second kappa shape index (κ2) is 25.1. The van der Waals surface area contributed by atoms with Crippen LogP contribution in [0.2, 0.25) is 0 Å². The van der Waals surface area contributed by atoms with Crippen LogP contribution in [0.3, 0.4) is 0 Å². The van der Waals surface area contributed by atoms with Gasteiger partial charge in [-0.15, -0.1) is 12.3 Å². The topological polar surface area (TPSA) is 18.5 Å². The molecule has 0 fully saturated rings. The number of ether oxygens (including phenoxy) is 2. The molecule has 0 saturated heterocycles. The van der Waals surface area contributed by atoms with Crippen LogP contribution in [0.25, 0.3) is 0 Å². The van der Waals surface area contributed by atoms with Crippen molar-refractivity contribution in [3.05, 3.63) is 23.3 Å². The molecule has 2 unspecified atom stereocenters. The van der Waals surface area contributed by atoms with Crippen molar-refractivity contribution in [2.45, 2.75) is 169 Å². The smallest absolute Gasteiger partial charge is 0.123 e. The van der Waals surface area contributed by atoms with Crippen LogP contribution in [0.15, 0.2) is 12.1 Å². The van der Waals surface area contributed by atoms with Crippen LogP contribution in [0, 0.1) is 24.2 Å². The van der Waals surface area contributed by atoms with Gasteiger partial charge in [-0.25, -0.2) is 0 Å². The minimum absolute atomic E-state index is 0.644. The maximum Gasteiger partial charge on any atom is 0.123 e. The molecule has 40 heavy (non-hydrogen) atoms. The second-order valence-corrected chi connectivity index (χ2v) is 12.2. The minimum Gasteiger partial charge on any atom is -0.493 e. The third kappa shape index (κ3) is 16.6. The highest BCUT2D eigenvalue weighted by Gasteiger charge is 2.16. The summed E-state index contributed by atoms with van der Waals surface area (Å²) in [5, 5.41) is 0. The molecule has 2 atom stereocenters. The summed E-state index contributed by atoms with van der Waals surface area (Å²) in [5.41, 5.74) is 2.71. The van der Waals surface area contributed by atoms with Crippen molar-refractivity contribution in [2.75, 3.05) is 13.2 Å². The fraction of sp³-hybridized carbons (Fsp3) is 0.789. The molecule has 2 nitrogen and oxygen atoms in total. The zero-order valence-corrected chi connectivity index (χ0v) is 27.5. The van der Waals surface area contributed by atoms with Crippen molar-refractivity contribution in [3.8, 4) is 23.8 Å². The Balaban J connectivity index is 3.01. The van der Waals surface area contributed by atoms with Gasteiger partial charge >= 0.3 is 0 Å². The molecule has 0 aromatic heterocycles. The van der Waals surface area contributed by atoms with Crippen LogP contribution < -0.4 is 9.47 Å². The lowest BCUT2D eigenvalue weighted by Crippen LogP contribution is -2.14. The lowest BCUT2D eigenvalue weighted by molar-refractivity contribution is 0.224. The molecule has 0 bridgehead atoms. The Morgan fingerprint density at radius 1 is 0.575 bits per heavy atom. The SMILES string of the molecule is C#CCCCCCCCCCc1cc(OCC(CC)CCCC)c(CCCCC)cc1OCC(CC)CCCC. The van der Waals surface area contributed by atoms with E-state index in [9.17, 15) is 0 Å². The van der Waals surface area contributed by atoms with E-state index in [1.165, 1.54) is 127 Å². The molecular formula is C38H66O2. The van der Waals surface area contributed by atoms with Crippen molar-refractivity contribution in [1.82, 2.24) is 0 Å². The second-order valence-electron chi connectivity index (χ2n) is 12.2. The Morgan fingerprint density at radius 3 is 1.43 bits per heavy atom. The summed E-state index contributed by atoms with van der Waals surface area (Å²) in [5.74, 6) is 6.30. The lowest BCUT2D eigenvalue weighted by Gasteiger charge is -2.22. The molecule has 2 heteroatoms. The molecule has 0 spiro atoms. The van der Waals surface area contributed by atoms with Gasteiger partial charge in [-0.3, -0.25) is 0 Å². The van der Waals surface area contributed by atoms with Crippen molar-refractivity contribution >= 4 is 0 Å². The number of aryl methyl sites for hydroxylation is 2. The zero-order valence-electron chi connectivity index (χ0n) is 27.5. The van der Waals surface area contributed by atoms with Gasteiger partial charge in [0.05, 0.1) is 13.2 Å². The first-order chi connectivity index (χ1) is 19.6. The number of unbranched alkanes of at least 4 members (excludes halogenated alkanes) is 11. The highest BCUT2D eigenvalue weighted by Crippen LogP contribution is 2.33. The molecule has 0 heterocycles. The zero-order chi connectivity index (χ0) is 29.3. The van der Waals surface area contributed by atoms with E-state index < -0.39 is 0 Å². The Labute approximate surface area is 250 Å². The summed E-state index contributed by atoms with van der Waals surface area (Å²) < 4.78 is 13.3. The Hall–Kier alpha value is -1.62. The Morgan fingerprint density at radius 2 is 1.00 bits per heavy atom. The van der Waals surface area contributed by atoms with Gasteiger partial charge in [0.15, 0.2) is 0 Å². The van der Waals surface area contributed by atoms with Gasteiger partial charge in [-0.1, -0.05) is 118 Å². The van der Waals surface area contributed by atoms with E-state index in [0.29, 0.717) is 11.8 Å². The van der Waals surface area contributed by atoms with Gasteiger partial charge < -0.3 is 9.47 Å². The molecule has 0 aliphatic heterocycles. The maximum absolute atomic E-state index is 6.65. The van der Waals surface area contributed by atoms with Crippen molar-refractivity contribution in [2.24, 2.45) is 11.8 Å². The molecule has 0 saturated carbocycles. The molecule has 1 aromatic carbocycles. The number of benzene rings is 1. The fourth-order valence-electron chi connectivity index (χ4n) is 5.51. The summed E-state index contributed by atoms with van der Waals surface area (Å²) >= 11 is 0. The summed E-state index contributed by atoms with van der Waals surface area (Å²) in [6.45, 7) is 13.2. The first kappa shape index (κ1) is 36.4. The summed E-state index contributed by atoms with van der Waals surface area (Å²) in [4.78, 5) is 0. The predicted octanol–water partition coefficient (Wildman–Crippen LogP) is 11.9. The standard InChI is InChI=1S/C38H66O2/c1-7-13-17-18-19-20-21-22-24-28-36-30-37(39-31-33(11-5)25-15-9-3)35(27-23-14-8-2)29-38(36)40-32-34(12-6)26-16-10-4/h1,29-30,33-34H,8-28,31-32H2,2-6H3. The summed E-state index contributed by atoms with van der Waals surface area (Å²) in [6, 6.07) is 4.74. The number of hydrogen-bond acceptors (Lipinski definition) is 2.